The van der Waals surface area contributed by atoms with Gasteiger partial charge in [-0.3, -0.25) is 4.79 Å². The van der Waals surface area contributed by atoms with Crippen molar-refractivity contribution in [1.82, 2.24) is 5.43 Å². The smallest absolute Gasteiger partial charge is 0.275 e. The number of nitrogens with one attached hydrogen (secondary N) is 1. The zero-order valence-electron chi connectivity index (χ0n) is 13.3. The standard InChI is InChI=1S/C19H15FN2O3/c1-11(15-10-14(20)6-7-17(15)23)21-22-19(25)16-8-12-4-2-3-5-13(12)9-18(16)24/h2-10,23-24H,1H3,(H,22,25)/b21-11+. The van der Waals surface area contributed by atoms with Crippen LogP contribution in [0.25, 0.3) is 10.8 Å². The molecule has 0 heterocycles. The van der Waals surface area contributed by atoms with Crippen LogP contribution in [0, 0.1) is 5.82 Å². The molecule has 3 aromatic carbocycles. The summed E-state index contributed by atoms with van der Waals surface area (Å²) in [6, 6.07) is 13.8. The fourth-order valence-corrected chi connectivity index (χ4v) is 2.46. The molecule has 25 heavy (non-hydrogen) atoms. The molecule has 0 aromatic heterocycles. The van der Waals surface area contributed by atoms with E-state index in [-0.39, 0.29) is 28.3 Å². The minimum Gasteiger partial charge on any atom is -0.507 e. The second-order valence-electron chi connectivity index (χ2n) is 5.52. The molecule has 0 bridgehead atoms. The van der Waals surface area contributed by atoms with Crippen LogP contribution in [-0.4, -0.2) is 21.8 Å². The highest BCUT2D eigenvalue weighted by atomic mass is 19.1. The quantitative estimate of drug-likeness (QED) is 0.504. The Morgan fingerprint density at radius 3 is 2.36 bits per heavy atom. The number of rotatable bonds is 3. The Bertz CT molecular complexity index is 999. The summed E-state index contributed by atoms with van der Waals surface area (Å²) in [6.07, 6.45) is 0. The fraction of sp³-hybridized carbons (Fsp3) is 0.0526. The molecule has 0 aliphatic rings. The van der Waals surface area contributed by atoms with Crippen LogP contribution >= 0.6 is 0 Å². The molecule has 5 nitrogen and oxygen atoms in total. The van der Waals surface area contributed by atoms with Gasteiger partial charge in [-0.15, -0.1) is 0 Å². The largest absolute Gasteiger partial charge is 0.507 e. The number of phenolic OH excluding ortho intramolecular Hbond substituents is 2. The molecule has 3 N–H and O–H groups in total. The lowest BCUT2D eigenvalue weighted by molar-refractivity contribution is 0.0952. The summed E-state index contributed by atoms with van der Waals surface area (Å²) >= 11 is 0. The summed E-state index contributed by atoms with van der Waals surface area (Å²) in [5, 5.41) is 25.3. The van der Waals surface area contributed by atoms with E-state index in [1.807, 2.05) is 24.3 Å². The van der Waals surface area contributed by atoms with Gasteiger partial charge < -0.3 is 10.2 Å². The number of halogens is 1. The average Bonchev–Trinajstić information content (AvgIpc) is 2.60. The number of carbonyl (C=O) groups is 1. The number of hydrazone groups is 1. The lowest BCUT2D eigenvalue weighted by Gasteiger charge is -2.07. The molecule has 0 saturated heterocycles. The van der Waals surface area contributed by atoms with Crippen LogP contribution in [-0.2, 0) is 0 Å². The van der Waals surface area contributed by atoms with Crippen molar-refractivity contribution in [3.63, 3.8) is 0 Å². The Morgan fingerprint density at radius 2 is 1.64 bits per heavy atom. The minimum atomic E-state index is -0.613. The molecule has 6 heteroatoms. The number of amides is 1. The summed E-state index contributed by atoms with van der Waals surface area (Å²) in [5.74, 6) is -1.46. The summed E-state index contributed by atoms with van der Waals surface area (Å²) in [7, 11) is 0. The molecule has 0 atom stereocenters. The predicted octanol–water partition coefficient (Wildman–Crippen LogP) is 3.54. The first-order valence-corrected chi connectivity index (χ1v) is 7.51. The van der Waals surface area contributed by atoms with Gasteiger partial charge in [0.1, 0.15) is 17.3 Å². The Hall–Kier alpha value is -3.41. The van der Waals surface area contributed by atoms with E-state index in [0.717, 1.165) is 22.9 Å². The number of nitrogens with zero attached hydrogens (tertiary/aromatic N) is 1. The molecule has 0 saturated carbocycles. The molecule has 0 fully saturated rings. The van der Waals surface area contributed by atoms with Crippen molar-refractivity contribution in [2.24, 2.45) is 5.10 Å². The molecule has 0 radical (unpaired) electrons. The Balaban J connectivity index is 1.87. The molecular weight excluding hydrogens is 323 g/mol. The highest BCUT2D eigenvalue weighted by Crippen LogP contribution is 2.25. The number of fused-ring (bicyclic) bond motifs is 1. The van der Waals surface area contributed by atoms with Crippen molar-refractivity contribution in [1.29, 1.82) is 0 Å². The molecule has 126 valence electrons. The van der Waals surface area contributed by atoms with Crippen molar-refractivity contribution in [2.45, 2.75) is 6.92 Å². The van der Waals surface area contributed by atoms with E-state index in [4.69, 9.17) is 0 Å². The van der Waals surface area contributed by atoms with Crippen molar-refractivity contribution in [3.05, 3.63) is 71.5 Å². The first kappa shape index (κ1) is 16.4. The number of hydrogen-bond acceptors (Lipinski definition) is 4. The number of carbonyl (C=O) groups excluding carboxylic acids is 1. The van der Waals surface area contributed by atoms with Crippen LogP contribution in [0.5, 0.6) is 11.5 Å². The van der Waals surface area contributed by atoms with E-state index < -0.39 is 11.7 Å². The van der Waals surface area contributed by atoms with Gasteiger partial charge >= 0.3 is 0 Å². The lowest BCUT2D eigenvalue weighted by Crippen LogP contribution is -2.19. The van der Waals surface area contributed by atoms with Gasteiger partial charge in [0, 0.05) is 5.56 Å². The first-order valence-electron chi connectivity index (χ1n) is 7.51. The average molecular weight is 338 g/mol. The van der Waals surface area contributed by atoms with E-state index in [0.29, 0.717) is 0 Å². The second kappa shape index (κ2) is 6.60. The van der Waals surface area contributed by atoms with Gasteiger partial charge in [-0.2, -0.15) is 5.10 Å². The number of hydrogen-bond donors (Lipinski definition) is 3. The van der Waals surface area contributed by atoms with Gasteiger partial charge in [-0.1, -0.05) is 24.3 Å². The van der Waals surface area contributed by atoms with Gasteiger partial charge in [0.15, 0.2) is 0 Å². The van der Waals surface area contributed by atoms with Crippen molar-refractivity contribution in [2.75, 3.05) is 0 Å². The third-order valence-corrected chi connectivity index (χ3v) is 3.78. The Morgan fingerprint density at radius 1 is 0.960 bits per heavy atom. The van der Waals surface area contributed by atoms with E-state index in [9.17, 15) is 19.4 Å². The maximum absolute atomic E-state index is 13.3. The van der Waals surface area contributed by atoms with Crippen LogP contribution < -0.4 is 5.43 Å². The highest BCUT2D eigenvalue weighted by molar-refractivity contribution is 6.04. The van der Waals surface area contributed by atoms with Gasteiger partial charge in [0.2, 0.25) is 0 Å². The molecule has 0 unspecified atom stereocenters. The second-order valence-corrected chi connectivity index (χ2v) is 5.52. The maximum atomic E-state index is 13.3. The number of benzene rings is 3. The van der Waals surface area contributed by atoms with Crippen molar-refractivity contribution in [3.8, 4) is 11.5 Å². The summed E-state index contributed by atoms with van der Waals surface area (Å²) in [5.41, 5.74) is 2.77. The summed E-state index contributed by atoms with van der Waals surface area (Å²) < 4.78 is 13.3. The Labute approximate surface area is 143 Å². The molecule has 3 rings (SSSR count). The molecule has 3 aromatic rings. The fourth-order valence-electron chi connectivity index (χ4n) is 2.46. The van der Waals surface area contributed by atoms with Gasteiger partial charge in [-0.05, 0) is 48.0 Å². The third-order valence-electron chi connectivity index (χ3n) is 3.78. The van der Waals surface area contributed by atoms with E-state index in [1.54, 1.807) is 6.07 Å². The molecule has 0 aliphatic heterocycles. The van der Waals surface area contributed by atoms with E-state index in [1.165, 1.54) is 19.1 Å². The SMILES string of the molecule is C/C(=N\NC(=O)c1cc2ccccc2cc1O)c1cc(F)ccc1O. The molecular formula is C19H15FN2O3. The van der Waals surface area contributed by atoms with Crippen LogP contribution in [0.1, 0.15) is 22.8 Å². The van der Waals surface area contributed by atoms with E-state index >= 15 is 0 Å². The van der Waals surface area contributed by atoms with Crippen LogP contribution in [0.2, 0.25) is 0 Å². The zero-order valence-corrected chi connectivity index (χ0v) is 13.3. The normalized spacial score (nSPS) is 11.5. The maximum Gasteiger partial charge on any atom is 0.275 e. The van der Waals surface area contributed by atoms with Crippen molar-refractivity contribution < 1.29 is 19.4 Å². The summed E-state index contributed by atoms with van der Waals surface area (Å²) in [4.78, 5) is 12.3. The monoisotopic (exact) mass is 338 g/mol. The third kappa shape index (κ3) is 3.42. The predicted molar refractivity (Wildman–Crippen MR) is 93.4 cm³/mol. The van der Waals surface area contributed by atoms with Crippen LogP contribution in [0.4, 0.5) is 4.39 Å². The molecule has 0 spiro atoms. The van der Waals surface area contributed by atoms with Gasteiger partial charge in [0.25, 0.3) is 5.91 Å². The van der Waals surface area contributed by atoms with Crippen molar-refractivity contribution >= 4 is 22.4 Å². The molecule has 0 aliphatic carbocycles. The number of aromatic hydroxyl groups is 2. The van der Waals surface area contributed by atoms with Crippen LogP contribution in [0.3, 0.4) is 0 Å². The van der Waals surface area contributed by atoms with Crippen LogP contribution in [0.15, 0.2) is 59.7 Å². The lowest BCUT2D eigenvalue weighted by atomic mass is 10.1. The topological polar surface area (TPSA) is 81.9 Å². The number of phenols is 2. The molecule has 1 amide bonds. The van der Waals surface area contributed by atoms with Gasteiger partial charge in [-0.25, -0.2) is 9.82 Å². The Kier molecular flexibility index (Phi) is 4.35. The minimum absolute atomic E-state index is 0.0683. The highest BCUT2D eigenvalue weighted by Gasteiger charge is 2.13. The first-order chi connectivity index (χ1) is 12.0. The zero-order chi connectivity index (χ0) is 18.0. The summed E-state index contributed by atoms with van der Waals surface area (Å²) in [6.45, 7) is 1.52. The van der Waals surface area contributed by atoms with Gasteiger partial charge in [0.05, 0.1) is 11.3 Å². The van der Waals surface area contributed by atoms with E-state index in [2.05, 4.69) is 10.5 Å².